The standard InChI is InChI=1S/C11H7N3O4/c15-13(16)10-5-4-8(7-11(10)14(17)18)9-3-1-2-6-12-9/h1-7H. The lowest BCUT2D eigenvalue weighted by Crippen LogP contribution is -1.97. The predicted octanol–water partition coefficient (Wildman–Crippen LogP) is 2.57. The Hall–Kier alpha value is -2.83. The first-order chi connectivity index (χ1) is 8.59. The van der Waals surface area contributed by atoms with Crippen LogP contribution < -0.4 is 0 Å². The molecule has 0 unspecified atom stereocenters. The monoisotopic (exact) mass is 245 g/mol. The number of nitro groups is 2. The second-order valence-corrected chi connectivity index (χ2v) is 3.43. The summed E-state index contributed by atoms with van der Waals surface area (Å²) in [6, 6.07) is 8.82. The Morgan fingerprint density at radius 3 is 2.22 bits per heavy atom. The summed E-state index contributed by atoms with van der Waals surface area (Å²) in [5, 5.41) is 21.4. The van der Waals surface area contributed by atoms with Gasteiger partial charge in [0.05, 0.1) is 15.5 Å². The first kappa shape index (κ1) is 11.6. The minimum absolute atomic E-state index is 0.466. The van der Waals surface area contributed by atoms with Crippen LogP contribution in [0, 0.1) is 20.2 Å². The maximum Gasteiger partial charge on any atom is 0.346 e. The molecular weight excluding hydrogens is 238 g/mol. The number of pyridine rings is 1. The number of aromatic nitrogens is 1. The maximum absolute atomic E-state index is 10.8. The van der Waals surface area contributed by atoms with Crippen LogP contribution in [-0.2, 0) is 0 Å². The van der Waals surface area contributed by atoms with Crippen LogP contribution in [0.15, 0.2) is 42.6 Å². The highest BCUT2D eigenvalue weighted by atomic mass is 16.6. The Morgan fingerprint density at radius 1 is 0.944 bits per heavy atom. The average molecular weight is 245 g/mol. The third-order valence-corrected chi connectivity index (χ3v) is 2.33. The van der Waals surface area contributed by atoms with Crippen LogP contribution >= 0.6 is 0 Å². The molecule has 18 heavy (non-hydrogen) atoms. The molecule has 0 aliphatic carbocycles. The maximum atomic E-state index is 10.8. The minimum Gasteiger partial charge on any atom is -0.258 e. The Kier molecular flexibility index (Phi) is 2.96. The summed E-state index contributed by atoms with van der Waals surface area (Å²) >= 11 is 0. The highest BCUT2D eigenvalue weighted by molar-refractivity contribution is 5.67. The van der Waals surface area contributed by atoms with Crippen molar-refractivity contribution in [3.63, 3.8) is 0 Å². The van der Waals surface area contributed by atoms with Crippen molar-refractivity contribution in [2.24, 2.45) is 0 Å². The molecule has 0 radical (unpaired) electrons. The molecule has 7 nitrogen and oxygen atoms in total. The number of rotatable bonds is 3. The van der Waals surface area contributed by atoms with Crippen LogP contribution in [-0.4, -0.2) is 14.8 Å². The summed E-state index contributed by atoms with van der Waals surface area (Å²) < 4.78 is 0. The first-order valence-electron chi connectivity index (χ1n) is 4.94. The fraction of sp³-hybridized carbons (Fsp3) is 0. The normalized spacial score (nSPS) is 10.0. The lowest BCUT2D eigenvalue weighted by Gasteiger charge is -2.00. The Balaban J connectivity index is 2.57. The van der Waals surface area contributed by atoms with Gasteiger partial charge in [0.25, 0.3) is 0 Å². The molecule has 0 aliphatic heterocycles. The molecule has 1 heterocycles. The second kappa shape index (κ2) is 4.58. The van der Waals surface area contributed by atoms with Crippen molar-refractivity contribution in [3.05, 3.63) is 62.8 Å². The van der Waals surface area contributed by atoms with Gasteiger partial charge in [-0.1, -0.05) is 6.07 Å². The molecule has 0 saturated heterocycles. The van der Waals surface area contributed by atoms with E-state index in [9.17, 15) is 20.2 Å². The minimum atomic E-state index is -0.777. The molecule has 1 aromatic heterocycles. The van der Waals surface area contributed by atoms with Gasteiger partial charge in [-0.25, -0.2) is 0 Å². The van der Waals surface area contributed by atoms with E-state index in [0.29, 0.717) is 11.3 Å². The number of nitro benzene ring substituents is 2. The van der Waals surface area contributed by atoms with E-state index >= 15 is 0 Å². The van der Waals surface area contributed by atoms with Gasteiger partial charge in [-0.15, -0.1) is 0 Å². The number of hydrogen-bond donors (Lipinski definition) is 0. The topological polar surface area (TPSA) is 99.2 Å². The first-order valence-corrected chi connectivity index (χ1v) is 4.94. The molecule has 0 bridgehead atoms. The van der Waals surface area contributed by atoms with Crippen molar-refractivity contribution in [2.75, 3.05) is 0 Å². The van der Waals surface area contributed by atoms with Crippen LogP contribution in [0.25, 0.3) is 11.3 Å². The zero-order valence-electron chi connectivity index (χ0n) is 9.02. The van der Waals surface area contributed by atoms with Crippen LogP contribution in [0.2, 0.25) is 0 Å². The molecule has 90 valence electrons. The van der Waals surface area contributed by atoms with Gasteiger partial charge in [-0.2, -0.15) is 0 Å². The number of benzene rings is 1. The van der Waals surface area contributed by atoms with Crippen LogP contribution in [0.1, 0.15) is 0 Å². The van der Waals surface area contributed by atoms with Crippen molar-refractivity contribution < 1.29 is 9.85 Å². The Bertz CT molecular complexity index is 613. The molecule has 1 aromatic carbocycles. The quantitative estimate of drug-likeness (QED) is 0.611. The summed E-state index contributed by atoms with van der Waals surface area (Å²) in [6.45, 7) is 0. The smallest absolute Gasteiger partial charge is 0.258 e. The summed E-state index contributed by atoms with van der Waals surface area (Å²) in [6.07, 6.45) is 1.54. The highest BCUT2D eigenvalue weighted by Gasteiger charge is 2.24. The van der Waals surface area contributed by atoms with Crippen molar-refractivity contribution >= 4 is 11.4 Å². The SMILES string of the molecule is O=[N+]([O-])c1ccc(-c2ccccn2)cc1[N+](=O)[O-]. The van der Waals surface area contributed by atoms with Gasteiger partial charge in [0.15, 0.2) is 0 Å². The fourth-order valence-electron chi connectivity index (χ4n) is 1.52. The van der Waals surface area contributed by atoms with E-state index in [0.717, 1.165) is 12.1 Å². The Morgan fingerprint density at radius 2 is 1.67 bits per heavy atom. The third-order valence-electron chi connectivity index (χ3n) is 2.33. The van der Waals surface area contributed by atoms with Gasteiger partial charge in [0, 0.05) is 23.9 Å². The van der Waals surface area contributed by atoms with Gasteiger partial charge in [-0.3, -0.25) is 25.2 Å². The molecule has 7 heteroatoms. The zero-order valence-corrected chi connectivity index (χ0v) is 9.02. The van der Waals surface area contributed by atoms with E-state index in [2.05, 4.69) is 4.98 Å². The summed E-state index contributed by atoms with van der Waals surface area (Å²) in [5.41, 5.74) is -0.0776. The zero-order chi connectivity index (χ0) is 13.1. The molecule has 2 rings (SSSR count). The Labute approximate surface area is 101 Å². The predicted molar refractivity (Wildman–Crippen MR) is 63.0 cm³/mol. The van der Waals surface area contributed by atoms with E-state index < -0.39 is 21.2 Å². The number of hydrogen-bond acceptors (Lipinski definition) is 5. The molecule has 0 atom stereocenters. The van der Waals surface area contributed by atoms with Crippen LogP contribution in [0.5, 0.6) is 0 Å². The molecule has 0 N–H and O–H groups in total. The van der Waals surface area contributed by atoms with Crippen molar-refractivity contribution in [1.29, 1.82) is 0 Å². The molecule has 0 aliphatic rings. The van der Waals surface area contributed by atoms with E-state index in [1.807, 2.05) is 0 Å². The third kappa shape index (κ3) is 2.14. The summed E-state index contributed by atoms with van der Waals surface area (Å²) in [5.74, 6) is 0. The van der Waals surface area contributed by atoms with E-state index in [1.165, 1.54) is 6.07 Å². The molecule has 0 spiro atoms. The van der Waals surface area contributed by atoms with Crippen molar-refractivity contribution in [2.45, 2.75) is 0 Å². The molecule has 0 saturated carbocycles. The lowest BCUT2D eigenvalue weighted by atomic mass is 10.1. The van der Waals surface area contributed by atoms with Crippen LogP contribution in [0.3, 0.4) is 0 Å². The number of nitrogens with zero attached hydrogens (tertiary/aromatic N) is 3. The summed E-state index contributed by atoms with van der Waals surface area (Å²) in [7, 11) is 0. The lowest BCUT2D eigenvalue weighted by molar-refractivity contribution is -0.422. The van der Waals surface area contributed by atoms with E-state index in [4.69, 9.17) is 0 Å². The van der Waals surface area contributed by atoms with E-state index in [-0.39, 0.29) is 0 Å². The van der Waals surface area contributed by atoms with Gasteiger partial charge in [0.1, 0.15) is 0 Å². The molecular formula is C11H7N3O4. The summed E-state index contributed by atoms with van der Waals surface area (Å²) in [4.78, 5) is 23.9. The van der Waals surface area contributed by atoms with Crippen molar-refractivity contribution in [1.82, 2.24) is 4.98 Å². The highest BCUT2D eigenvalue weighted by Crippen LogP contribution is 2.31. The molecule has 0 fully saturated rings. The largest absolute Gasteiger partial charge is 0.346 e. The molecule has 2 aromatic rings. The van der Waals surface area contributed by atoms with Crippen molar-refractivity contribution in [3.8, 4) is 11.3 Å². The van der Waals surface area contributed by atoms with E-state index in [1.54, 1.807) is 24.4 Å². The second-order valence-electron chi connectivity index (χ2n) is 3.43. The van der Waals surface area contributed by atoms with Gasteiger partial charge in [-0.05, 0) is 18.2 Å². The van der Waals surface area contributed by atoms with Gasteiger partial charge in [0.2, 0.25) is 0 Å². The van der Waals surface area contributed by atoms with Gasteiger partial charge < -0.3 is 0 Å². The average Bonchev–Trinajstić information content (AvgIpc) is 2.39. The fourth-order valence-corrected chi connectivity index (χ4v) is 1.52. The molecule has 0 amide bonds. The van der Waals surface area contributed by atoms with Gasteiger partial charge >= 0.3 is 11.4 Å². The van der Waals surface area contributed by atoms with Crippen LogP contribution in [0.4, 0.5) is 11.4 Å².